The molecule has 6 nitrogen and oxygen atoms in total. The predicted molar refractivity (Wildman–Crippen MR) is 73.9 cm³/mol. The monoisotopic (exact) mass is 285 g/mol. The molecular formula is C12H19N3O3S. The number of amides is 1. The molecule has 1 amide bonds. The van der Waals surface area contributed by atoms with Crippen LogP contribution in [-0.2, 0) is 14.8 Å². The lowest BCUT2D eigenvalue weighted by atomic mass is 9.99. The molecule has 0 aliphatic rings. The van der Waals surface area contributed by atoms with Crippen molar-refractivity contribution in [2.24, 2.45) is 16.8 Å². The van der Waals surface area contributed by atoms with E-state index in [9.17, 15) is 13.2 Å². The van der Waals surface area contributed by atoms with Crippen LogP contribution in [0.1, 0.15) is 20.3 Å². The van der Waals surface area contributed by atoms with Crippen molar-refractivity contribution in [3.63, 3.8) is 0 Å². The maximum absolute atomic E-state index is 11.9. The normalized spacial score (nSPS) is 14.7. The number of rotatable bonds is 5. The molecule has 7 heteroatoms. The highest BCUT2D eigenvalue weighted by Gasteiger charge is 2.19. The van der Waals surface area contributed by atoms with Gasteiger partial charge in [-0.05, 0) is 24.1 Å². The molecule has 0 bridgehead atoms. The average Bonchev–Trinajstić information content (AvgIpc) is 2.36. The Morgan fingerprint density at radius 3 is 2.58 bits per heavy atom. The maximum atomic E-state index is 11.9. The van der Waals surface area contributed by atoms with Crippen LogP contribution in [0.2, 0.25) is 0 Å². The van der Waals surface area contributed by atoms with Crippen molar-refractivity contribution in [3.8, 4) is 0 Å². The summed E-state index contributed by atoms with van der Waals surface area (Å²) in [6, 6.07) is 5.11. The van der Waals surface area contributed by atoms with Gasteiger partial charge in [0.2, 0.25) is 15.9 Å². The number of hydrogen-bond donors (Lipinski definition) is 3. The van der Waals surface area contributed by atoms with Crippen molar-refractivity contribution < 1.29 is 13.2 Å². The SMILES string of the molecule is CCC(C)C(N)C(=O)Nc1cccc(S(N)(=O)=O)c1. The molecule has 0 saturated carbocycles. The first-order valence-corrected chi connectivity index (χ1v) is 7.49. The first-order chi connectivity index (χ1) is 8.75. The van der Waals surface area contributed by atoms with Crippen LogP contribution >= 0.6 is 0 Å². The van der Waals surface area contributed by atoms with Crippen LogP contribution in [0.4, 0.5) is 5.69 Å². The third-order valence-corrected chi connectivity index (χ3v) is 3.90. The Kier molecular flexibility index (Phi) is 5.04. The molecule has 0 saturated heterocycles. The van der Waals surface area contributed by atoms with Crippen molar-refractivity contribution in [3.05, 3.63) is 24.3 Å². The minimum atomic E-state index is -3.78. The van der Waals surface area contributed by atoms with Gasteiger partial charge in [0, 0.05) is 5.69 Å². The van der Waals surface area contributed by atoms with Crippen molar-refractivity contribution in [1.29, 1.82) is 0 Å². The van der Waals surface area contributed by atoms with Crippen LogP contribution in [0.15, 0.2) is 29.2 Å². The standard InChI is InChI=1S/C12H19N3O3S/c1-3-8(2)11(13)12(16)15-9-5-4-6-10(7-9)19(14,17)18/h4-8,11H,3,13H2,1-2H3,(H,15,16)(H2,14,17,18). The van der Waals surface area contributed by atoms with Crippen LogP contribution in [-0.4, -0.2) is 20.4 Å². The molecule has 1 aromatic rings. The summed E-state index contributed by atoms with van der Waals surface area (Å²) in [5.41, 5.74) is 6.14. The highest BCUT2D eigenvalue weighted by molar-refractivity contribution is 7.89. The van der Waals surface area contributed by atoms with Gasteiger partial charge in [-0.25, -0.2) is 13.6 Å². The van der Waals surface area contributed by atoms with E-state index < -0.39 is 16.1 Å². The van der Waals surface area contributed by atoms with Crippen molar-refractivity contribution in [2.45, 2.75) is 31.2 Å². The van der Waals surface area contributed by atoms with Gasteiger partial charge in [0.25, 0.3) is 0 Å². The molecule has 5 N–H and O–H groups in total. The van der Waals surface area contributed by atoms with Gasteiger partial charge in [-0.15, -0.1) is 0 Å². The summed E-state index contributed by atoms with van der Waals surface area (Å²) in [6.45, 7) is 3.82. The second-order valence-corrected chi connectivity index (χ2v) is 6.03. The number of sulfonamides is 1. The first-order valence-electron chi connectivity index (χ1n) is 5.95. The van der Waals surface area contributed by atoms with Gasteiger partial charge in [-0.2, -0.15) is 0 Å². The smallest absolute Gasteiger partial charge is 0.241 e. The van der Waals surface area contributed by atoms with Gasteiger partial charge in [0.15, 0.2) is 0 Å². The lowest BCUT2D eigenvalue weighted by Crippen LogP contribution is -2.40. The van der Waals surface area contributed by atoms with Crippen molar-refractivity contribution in [2.75, 3.05) is 5.32 Å². The summed E-state index contributed by atoms with van der Waals surface area (Å²) >= 11 is 0. The van der Waals surface area contributed by atoms with Gasteiger partial charge in [0.05, 0.1) is 10.9 Å². The van der Waals surface area contributed by atoms with E-state index in [4.69, 9.17) is 10.9 Å². The Morgan fingerprint density at radius 2 is 2.05 bits per heavy atom. The summed E-state index contributed by atoms with van der Waals surface area (Å²) < 4.78 is 22.4. The van der Waals surface area contributed by atoms with Gasteiger partial charge in [0.1, 0.15) is 0 Å². The fourth-order valence-electron chi connectivity index (χ4n) is 1.49. The van der Waals surface area contributed by atoms with Gasteiger partial charge in [-0.1, -0.05) is 26.3 Å². The summed E-state index contributed by atoms with van der Waals surface area (Å²) in [5, 5.41) is 7.61. The molecule has 19 heavy (non-hydrogen) atoms. The molecule has 1 aromatic carbocycles. The van der Waals surface area contributed by atoms with Crippen molar-refractivity contribution >= 4 is 21.6 Å². The molecule has 1 rings (SSSR count). The topological polar surface area (TPSA) is 115 Å². The fourth-order valence-corrected chi connectivity index (χ4v) is 2.05. The maximum Gasteiger partial charge on any atom is 0.241 e. The average molecular weight is 285 g/mol. The van der Waals surface area contributed by atoms with Gasteiger partial charge in [-0.3, -0.25) is 4.79 Å². The molecule has 2 unspecified atom stereocenters. The lowest BCUT2D eigenvalue weighted by Gasteiger charge is -2.17. The molecule has 2 atom stereocenters. The Labute approximate surface area is 113 Å². The zero-order chi connectivity index (χ0) is 14.6. The minimum Gasteiger partial charge on any atom is -0.325 e. The first kappa shape index (κ1) is 15.6. The lowest BCUT2D eigenvalue weighted by molar-refractivity contribution is -0.118. The Balaban J connectivity index is 2.86. The van der Waals surface area contributed by atoms with Gasteiger partial charge >= 0.3 is 0 Å². The zero-order valence-corrected chi connectivity index (χ0v) is 11.8. The highest BCUT2D eigenvalue weighted by Crippen LogP contribution is 2.15. The van der Waals surface area contributed by atoms with Crippen molar-refractivity contribution in [1.82, 2.24) is 0 Å². The number of primary sulfonamides is 1. The third kappa shape index (κ3) is 4.30. The number of hydrogen-bond acceptors (Lipinski definition) is 4. The number of nitrogens with one attached hydrogen (secondary N) is 1. The van der Waals surface area contributed by atoms with Crippen LogP contribution < -0.4 is 16.2 Å². The number of anilines is 1. The second kappa shape index (κ2) is 6.14. The van der Waals surface area contributed by atoms with Crippen LogP contribution in [0.3, 0.4) is 0 Å². The van der Waals surface area contributed by atoms with E-state index in [0.717, 1.165) is 6.42 Å². The Hall–Kier alpha value is -1.44. The van der Waals surface area contributed by atoms with Crippen LogP contribution in [0.5, 0.6) is 0 Å². The number of carbonyl (C=O) groups excluding carboxylic acids is 1. The molecule has 0 aliphatic heterocycles. The minimum absolute atomic E-state index is 0.0430. The third-order valence-electron chi connectivity index (χ3n) is 2.99. The van der Waals surface area contributed by atoms with E-state index in [1.54, 1.807) is 6.07 Å². The molecule has 0 aliphatic carbocycles. The van der Waals surface area contributed by atoms with E-state index in [2.05, 4.69) is 5.32 Å². The molecule has 0 radical (unpaired) electrons. The summed E-state index contributed by atoms with van der Waals surface area (Å²) in [6.07, 6.45) is 0.784. The van der Waals surface area contributed by atoms with E-state index >= 15 is 0 Å². The molecule has 0 fully saturated rings. The molecule has 0 spiro atoms. The molecular weight excluding hydrogens is 266 g/mol. The number of carbonyl (C=O) groups is 1. The predicted octanol–water partition coefficient (Wildman–Crippen LogP) is 0.646. The number of nitrogens with two attached hydrogens (primary N) is 2. The number of benzene rings is 1. The fraction of sp³-hybridized carbons (Fsp3) is 0.417. The van der Waals surface area contributed by atoms with E-state index in [0.29, 0.717) is 5.69 Å². The Bertz CT molecular complexity index is 557. The van der Waals surface area contributed by atoms with E-state index in [1.807, 2.05) is 13.8 Å². The molecule has 0 aromatic heterocycles. The van der Waals surface area contributed by atoms with Gasteiger partial charge < -0.3 is 11.1 Å². The van der Waals surface area contributed by atoms with Crippen LogP contribution in [0, 0.1) is 5.92 Å². The largest absolute Gasteiger partial charge is 0.325 e. The summed E-state index contributed by atoms with van der Waals surface area (Å²) in [5.74, 6) is -0.303. The second-order valence-electron chi connectivity index (χ2n) is 4.47. The molecule has 0 heterocycles. The zero-order valence-electron chi connectivity index (χ0n) is 11.0. The Morgan fingerprint density at radius 1 is 1.42 bits per heavy atom. The summed E-state index contributed by atoms with van der Waals surface area (Å²) in [4.78, 5) is 11.8. The van der Waals surface area contributed by atoms with E-state index in [1.165, 1.54) is 18.2 Å². The van der Waals surface area contributed by atoms with Crippen LogP contribution in [0.25, 0.3) is 0 Å². The highest BCUT2D eigenvalue weighted by atomic mass is 32.2. The summed E-state index contributed by atoms with van der Waals surface area (Å²) in [7, 11) is -3.78. The van der Waals surface area contributed by atoms with E-state index in [-0.39, 0.29) is 16.7 Å². The quantitative estimate of drug-likeness (QED) is 0.736. The molecule has 106 valence electrons.